The Balaban J connectivity index is 2.33. The number of halogens is 2. The number of esters is 1. The zero-order valence-corrected chi connectivity index (χ0v) is 9.07. The zero-order chi connectivity index (χ0) is 12.4. The van der Waals surface area contributed by atoms with Crippen LogP contribution < -0.4 is 0 Å². The monoisotopic (exact) mass is 240 g/mol. The number of benzene rings is 1. The number of furan rings is 1. The van der Waals surface area contributed by atoms with Gasteiger partial charge in [-0.3, -0.25) is 0 Å². The van der Waals surface area contributed by atoms with E-state index in [4.69, 9.17) is 4.42 Å². The molecule has 2 rings (SSSR count). The minimum absolute atomic E-state index is 0.0914. The Hall–Kier alpha value is -1.91. The molecular weight excluding hydrogens is 230 g/mol. The van der Waals surface area contributed by atoms with E-state index in [0.717, 1.165) is 0 Å². The van der Waals surface area contributed by atoms with Crippen molar-refractivity contribution in [3.05, 3.63) is 35.8 Å². The summed E-state index contributed by atoms with van der Waals surface area (Å²) in [5.41, 5.74) is 0.327. The first-order valence-electron chi connectivity index (χ1n) is 5.11. The van der Waals surface area contributed by atoms with Crippen LogP contribution in [0.3, 0.4) is 0 Å². The lowest BCUT2D eigenvalue weighted by Crippen LogP contribution is -2.11. The summed E-state index contributed by atoms with van der Waals surface area (Å²) < 4.78 is 36.1. The van der Waals surface area contributed by atoms with Crippen molar-refractivity contribution < 1.29 is 22.7 Å². The summed E-state index contributed by atoms with van der Waals surface area (Å²) in [5, 5.41) is 0.409. The fourth-order valence-corrected chi connectivity index (χ4v) is 1.49. The Morgan fingerprint density at radius 2 is 2.24 bits per heavy atom. The van der Waals surface area contributed by atoms with Gasteiger partial charge >= 0.3 is 5.97 Å². The number of alkyl halides is 1. The van der Waals surface area contributed by atoms with Gasteiger partial charge in [-0.05, 0) is 31.2 Å². The van der Waals surface area contributed by atoms with Gasteiger partial charge < -0.3 is 9.15 Å². The molecule has 1 aromatic carbocycles. The highest BCUT2D eigenvalue weighted by molar-refractivity contribution is 5.81. The van der Waals surface area contributed by atoms with E-state index in [9.17, 15) is 13.6 Å². The SMILES string of the molecule is CCOC(=O)C(F)c1cc2cc(F)ccc2o1. The second-order valence-corrected chi connectivity index (χ2v) is 3.45. The molecule has 0 bridgehead atoms. The third-order valence-corrected chi connectivity index (χ3v) is 2.24. The Labute approximate surface area is 96.0 Å². The first-order chi connectivity index (χ1) is 8.11. The molecule has 3 nitrogen and oxygen atoms in total. The number of carbonyl (C=O) groups excluding carboxylic acids is 1. The lowest BCUT2D eigenvalue weighted by Gasteiger charge is -2.03. The van der Waals surface area contributed by atoms with Crippen LogP contribution in [-0.2, 0) is 9.53 Å². The quantitative estimate of drug-likeness (QED) is 0.773. The molecule has 1 heterocycles. The minimum Gasteiger partial charge on any atom is -0.463 e. The van der Waals surface area contributed by atoms with Crippen molar-refractivity contribution in [2.24, 2.45) is 0 Å². The van der Waals surface area contributed by atoms with Crippen LogP contribution in [0.15, 0.2) is 28.7 Å². The molecule has 1 atom stereocenters. The molecule has 0 saturated carbocycles. The van der Waals surface area contributed by atoms with Crippen LogP contribution in [0.1, 0.15) is 18.9 Å². The topological polar surface area (TPSA) is 39.4 Å². The van der Waals surface area contributed by atoms with Crippen molar-refractivity contribution in [1.29, 1.82) is 0 Å². The molecule has 0 aliphatic carbocycles. The average Bonchev–Trinajstić information content (AvgIpc) is 2.71. The number of rotatable bonds is 3. The first kappa shape index (κ1) is 11.6. The summed E-state index contributed by atoms with van der Waals surface area (Å²) in [6.07, 6.45) is -1.98. The summed E-state index contributed by atoms with van der Waals surface area (Å²) >= 11 is 0. The summed E-state index contributed by atoms with van der Waals surface area (Å²) in [6.45, 7) is 1.67. The van der Waals surface area contributed by atoms with Gasteiger partial charge in [0.15, 0.2) is 5.76 Å². The second-order valence-electron chi connectivity index (χ2n) is 3.45. The molecule has 0 spiro atoms. The van der Waals surface area contributed by atoms with Crippen LogP contribution in [0.4, 0.5) is 8.78 Å². The third kappa shape index (κ3) is 2.27. The van der Waals surface area contributed by atoms with E-state index < -0.39 is 18.0 Å². The summed E-state index contributed by atoms with van der Waals surface area (Å²) in [6, 6.07) is 5.08. The second kappa shape index (κ2) is 4.53. The van der Waals surface area contributed by atoms with Crippen molar-refractivity contribution in [2.45, 2.75) is 13.1 Å². The summed E-state index contributed by atoms with van der Waals surface area (Å²) in [5.74, 6) is -1.63. The van der Waals surface area contributed by atoms with E-state index in [1.165, 1.54) is 24.3 Å². The Morgan fingerprint density at radius 1 is 1.47 bits per heavy atom. The van der Waals surface area contributed by atoms with Crippen LogP contribution in [0.5, 0.6) is 0 Å². The maximum Gasteiger partial charge on any atom is 0.348 e. The number of carbonyl (C=O) groups is 1. The van der Waals surface area contributed by atoms with Crippen molar-refractivity contribution in [2.75, 3.05) is 6.61 Å². The van der Waals surface area contributed by atoms with Gasteiger partial charge in [-0.2, -0.15) is 0 Å². The Morgan fingerprint density at radius 3 is 2.94 bits per heavy atom. The zero-order valence-electron chi connectivity index (χ0n) is 9.07. The molecule has 1 unspecified atom stereocenters. The lowest BCUT2D eigenvalue weighted by molar-refractivity contribution is -0.149. The fourth-order valence-electron chi connectivity index (χ4n) is 1.49. The van der Waals surface area contributed by atoms with E-state index in [-0.39, 0.29) is 12.4 Å². The molecule has 0 fully saturated rings. The van der Waals surface area contributed by atoms with Gasteiger partial charge in [-0.25, -0.2) is 13.6 Å². The predicted molar refractivity (Wildman–Crippen MR) is 56.7 cm³/mol. The third-order valence-electron chi connectivity index (χ3n) is 2.24. The molecule has 5 heteroatoms. The van der Waals surface area contributed by atoms with Crippen LogP contribution in [-0.4, -0.2) is 12.6 Å². The minimum atomic E-state index is -1.98. The fraction of sp³-hybridized carbons (Fsp3) is 0.250. The highest BCUT2D eigenvalue weighted by atomic mass is 19.1. The van der Waals surface area contributed by atoms with Gasteiger partial charge in [0.2, 0.25) is 0 Å². The molecule has 17 heavy (non-hydrogen) atoms. The van der Waals surface area contributed by atoms with Gasteiger partial charge in [0.1, 0.15) is 11.4 Å². The summed E-state index contributed by atoms with van der Waals surface area (Å²) in [4.78, 5) is 11.2. The van der Waals surface area contributed by atoms with Crippen LogP contribution >= 0.6 is 0 Å². The van der Waals surface area contributed by atoms with E-state index in [2.05, 4.69) is 4.74 Å². The van der Waals surface area contributed by atoms with E-state index >= 15 is 0 Å². The molecular formula is C12H10F2O3. The molecule has 0 N–H and O–H groups in total. The van der Waals surface area contributed by atoms with E-state index in [1.807, 2.05) is 0 Å². The molecule has 90 valence electrons. The number of hydrogen-bond acceptors (Lipinski definition) is 3. The molecule has 0 radical (unpaired) electrons. The normalized spacial score (nSPS) is 12.6. The van der Waals surface area contributed by atoms with Crippen LogP contribution in [0.25, 0.3) is 11.0 Å². The maximum atomic E-state index is 13.6. The number of ether oxygens (including phenoxy) is 1. The van der Waals surface area contributed by atoms with Crippen molar-refractivity contribution >= 4 is 16.9 Å². The standard InChI is InChI=1S/C12H10F2O3/c1-2-16-12(15)11(14)10-6-7-5-8(13)3-4-9(7)17-10/h3-6,11H,2H2,1H3. The highest BCUT2D eigenvalue weighted by Crippen LogP contribution is 2.27. The van der Waals surface area contributed by atoms with E-state index in [0.29, 0.717) is 11.0 Å². The molecule has 0 aliphatic rings. The number of hydrogen-bond donors (Lipinski definition) is 0. The number of fused-ring (bicyclic) bond motifs is 1. The molecule has 0 aliphatic heterocycles. The average molecular weight is 240 g/mol. The van der Waals surface area contributed by atoms with Gasteiger partial charge in [-0.1, -0.05) is 0 Å². The smallest absolute Gasteiger partial charge is 0.348 e. The molecule has 1 aromatic heterocycles. The maximum absolute atomic E-state index is 13.6. The van der Waals surface area contributed by atoms with Gasteiger partial charge in [0.05, 0.1) is 6.61 Å². The van der Waals surface area contributed by atoms with Crippen LogP contribution in [0, 0.1) is 5.82 Å². The van der Waals surface area contributed by atoms with Gasteiger partial charge in [-0.15, -0.1) is 0 Å². The van der Waals surface area contributed by atoms with Gasteiger partial charge in [0.25, 0.3) is 6.17 Å². The van der Waals surface area contributed by atoms with Gasteiger partial charge in [0, 0.05) is 5.39 Å². The van der Waals surface area contributed by atoms with Crippen molar-refractivity contribution in [1.82, 2.24) is 0 Å². The largest absolute Gasteiger partial charge is 0.463 e. The Bertz CT molecular complexity index is 548. The Kier molecular flexibility index (Phi) is 3.08. The lowest BCUT2D eigenvalue weighted by atomic mass is 10.2. The van der Waals surface area contributed by atoms with Crippen LogP contribution in [0.2, 0.25) is 0 Å². The molecule has 0 amide bonds. The highest BCUT2D eigenvalue weighted by Gasteiger charge is 2.25. The molecule has 0 saturated heterocycles. The first-order valence-corrected chi connectivity index (χ1v) is 5.11. The van der Waals surface area contributed by atoms with E-state index in [1.54, 1.807) is 6.92 Å². The van der Waals surface area contributed by atoms with Crippen molar-refractivity contribution in [3.63, 3.8) is 0 Å². The predicted octanol–water partition coefficient (Wildman–Crippen LogP) is 3.15. The van der Waals surface area contributed by atoms with Crippen molar-refractivity contribution in [3.8, 4) is 0 Å². The summed E-state index contributed by atoms with van der Waals surface area (Å²) in [7, 11) is 0. The molecule has 2 aromatic rings.